The highest BCUT2D eigenvalue weighted by molar-refractivity contribution is 7.85. The first-order valence-electron chi connectivity index (χ1n) is 7.95. The molecule has 4 N–H and O–H groups in total. The highest BCUT2D eigenvalue weighted by atomic mass is 32.2. The van der Waals surface area contributed by atoms with Crippen LogP contribution in [0.3, 0.4) is 0 Å². The molecule has 0 unspecified atom stereocenters. The third-order valence-corrected chi connectivity index (χ3v) is 4.56. The van der Waals surface area contributed by atoms with E-state index >= 15 is 0 Å². The number of nitrogens with two attached hydrogens (primary N) is 1. The van der Waals surface area contributed by atoms with Gasteiger partial charge in [-0.2, -0.15) is 8.42 Å². The highest BCUT2D eigenvalue weighted by Gasteiger charge is 2.07. The Morgan fingerprint density at radius 1 is 1.08 bits per heavy atom. The summed E-state index contributed by atoms with van der Waals surface area (Å²) < 4.78 is 29.6. The summed E-state index contributed by atoms with van der Waals surface area (Å²) in [5.41, 5.74) is 9.71. The van der Waals surface area contributed by atoms with Gasteiger partial charge in [0, 0.05) is 24.5 Å². The molecule has 0 fully saturated rings. The summed E-state index contributed by atoms with van der Waals surface area (Å²) in [6, 6.07) is 11.9. The van der Waals surface area contributed by atoms with Crippen LogP contribution in [0.4, 0.5) is 11.4 Å². The van der Waals surface area contributed by atoms with Crippen LogP contribution in [-0.2, 0) is 10.1 Å². The van der Waals surface area contributed by atoms with Crippen LogP contribution in [0.25, 0.3) is 0 Å². The van der Waals surface area contributed by atoms with Gasteiger partial charge in [-0.1, -0.05) is 17.7 Å². The Morgan fingerprint density at radius 2 is 1.68 bits per heavy atom. The van der Waals surface area contributed by atoms with Crippen molar-refractivity contribution in [2.75, 3.05) is 30.3 Å². The monoisotopic (exact) mass is 366 g/mol. The second-order valence-electron chi connectivity index (χ2n) is 5.63. The molecule has 0 spiro atoms. The van der Waals surface area contributed by atoms with E-state index in [2.05, 4.69) is 17.9 Å². The number of aliphatic hydroxyl groups is 1. The summed E-state index contributed by atoms with van der Waals surface area (Å²) in [5, 5.41) is 8.89. The highest BCUT2D eigenvalue weighted by Crippen LogP contribution is 2.20. The maximum Gasteiger partial charge on any atom is 0.294 e. The van der Waals surface area contributed by atoms with Crippen molar-refractivity contribution in [2.24, 2.45) is 0 Å². The lowest BCUT2D eigenvalue weighted by molar-refractivity contribution is 0.302. The van der Waals surface area contributed by atoms with Gasteiger partial charge in [0.15, 0.2) is 0 Å². The van der Waals surface area contributed by atoms with Crippen LogP contribution in [0.2, 0.25) is 0 Å². The molecule has 0 radical (unpaired) electrons. The van der Waals surface area contributed by atoms with Gasteiger partial charge in [-0.05, 0) is 56.7 Å². The molecule has 0 saturated carbocycles. The lowest BCUT2D eigenvalue weighted by Gasteiger charge is -2.22. The van der Waals surface area contributed by atoms with Crippen LogP contribution in [0, 0.1) is 13.8 Å². The van der Waals surface area contributed by atoms with E-state index in [0.717, 1.165) is 29.0 Å². The smallest absolute Gasteiger partial charge is 0.294 e. The molecule has 2 aromatic carbocycles. The third kappa shape index (κ3) is 6.74. The van der Waals surface area contributed by atoms with E-state index in [4.69, 9.17) is 15.4 Å². The molecule has 138 valence electrons. The lowest BCUT2D eigenvalue weighted by Crippen LogP contribution is -2.26. The Hall–Kier alpha value is -2.09. The van der Waals surface area contributed by atoms with E-state index in [0.29, 0.717) is 6.54 Å². The predicted octanol–water partition coefficient (Wildman–Crippen LogP) is 2.64. The van der Waals surface area contributed by atoms with Crippen molar-refractivity contribution >= 4 is 21.5 Å². The van der Waals surface area contributed by atoms with Gasteiger partial charge >= 0.3 is 0 Å². The van der Waals surface area contributed by atoms with Crippen molar-refractivity contribution < 1.29 is 18.1 Å². The Morgan fingerprint density at radius 3 is 2.12 bits per heavy atom. The van der Waals surface area contributed by atoms with Crippen molar-refractivity contribution in [3.8, 4) is 0 Å². The van der Waals surface area contributed by atoms with E-state index in [-0.39, 0.29) is 11.5 Å². The topological polar surface area (TPSA) is 104 Å². The fourth-order valence-electron chi connectivity index (χ4n) is 2.16. The minimum absolute atomic E-state index is 0.0666. The molecule has 2 rings (SSSR count). The number of rotatable bonds is 5. The zero-order chi connectivity index (χ0) is 19.0. The van der Waals surface area contributed by atoms with Gasteiger partial charge in [0.1, 0.15) is 0 Å². The normalized spacial score (nSPS) is 10.8. The summed E-state index contributed by atoms with van der Waals surface area (Å²) in [6.45, 7) is 7.64. The molecule has 0 amide bonds. The zero-order valence-corrected chi connectivity index (χ0v) is 15.6. The summed E-state index contributed by atoms with van der Waals surface area (Å²) in [5.74, 6) is 0. The summed E-state index contributed by atoms with van der Waals surface area (Å²) in [4.78, 5) is 2.05. The summed E-state index contributed by atoms with van der Waals surface area (Å²) in [6.07, 6.45) is 0. The Labute approximate surface area is 149 Å². The molecule has 0 atom stereocenters. The van der Waals surface area contributed by atoms with E-state index in [9.17, 15) is 8.42 Å². The second kappa shape index (κ2) is 9.41. The Balaban J connectivity index is 0.000000257. The second-order valence-corrected chi connectivity index (χ2v) is 7.05. The minimum atomic E-state index is -4.02. The summed E-state index contributed by atoms with van der Waals surface area (Å²) >= 11 is 0. The molecule has 0 heterocycles. The SMILES string of the molecule is CCN(CCO)c1ccc(N)c(C)c1.Cc1ccc(S(=O)(=O)O)cc1. The summed E-state index contributed by atoms with van der Waals surface area (Å²) in [7, 11) is -4.02. The lowest BCUT2D eigenvalue weighted by atomic mass is 10.1. The number of nitrogen functional groups attached to an aromatic ring is 1. The molecular formula is C18H26N2O4S. The first-order chi connectivity index (χ1) is 11.7. The van der Waals surface area contributed by atoms with Gasteiger partial charge < -0.3 is 15.7 Å². The fraction of sp³-hybridized carbons (Fsp3) is 0.333. The largest absolute Gasteiger partial charge is 0.399 e. The van der Waals surface area contributed by atoms with Gasteiger partial charge in [-0.15, -0.1) is 0 Å². The molecule has 25 heavy (non-hydrogen) atoms. The molecule has 0 aliphatic carbocycles. The molecule has 2 aromatic rings. The third-order valence-electron chi connectivity index (χ3n) is 3.69. The van der Waals surface area contributed by atoms with Crippen molar-refractivity contribution in [3.05, 3.63) is 53.6 Å². The van der Waals surface area contributed by atoms with E-state index in [1.165, 1.54) is 12.1 Å². The van der Waals surface area contributed by atoms with Crippen LogP contribution in [-0.4, -0.2) is 37.8 Å². The standard InChI is InChI=1S/C11H18N2O.C7H8O3S/c1-3-13(6-7-14)10-4-5-11(12)9(2)8-10;1-6-2-4-7(5-3-6)11(8,9)10/h4-5,8,14H,3,6-7,12H2,1-2H3;2-5H,1H3,(H,8,9,10). The molecule has 0 aliphatic heterocycles. The number of aliphatic hydroxyl groups excluding tert-OH is 1. The number of aryl methyl sites for hydroxylation is 2. The molecule has 0 aliphatic rings. The Bertz CT molecular complexity index is 774. The maximum atomic E-state index is 10.5. The van der Waals surface area contributed by atoms with Crippen molar-refractivity contribution in [3.63, 3.8) is 0 Å². The molecule has 0 bridgehead atoms. The zero-order valence-electron chi connectivity index (χ0n) is 14.8. The van der Waals surface area contributed by atoms with Crippen LogP contribution in [0.5, 0.6) is 0 Å². The number of hydrogen-bond acceptors (Lipinski definition) is 5. The average Bonchev–Trinajstić information content (AvgIpc) is 2.55. The molecule has 6 nitrogen and oxygen atoms in total. The van der Waals surface area contributed by atoms with Crippen molar-refractivity contribution in [1.29, 1.82) is 0 Å². The van der Waals surface area contributed by atoms with Crippen LogP contribution >= 0.6 is 0 Å². The van der Waals surface area contributed by atoms with Gasteiger partial charge in [-0.3, -0.25) is 4.55 Å². The first kappa shape index (κ1) is 21.0. The van der Waals surface area contributed by atoms with Crippen LogP contribution < -0.4 is 10.6 Å². The number of anilines is 2. The van der Waals surface area contributed by atoms with Crippen LogP contribution in [0.1, 0.15) is 18.1 Å². The molecule has 0 saturated heterocycles. The van der Waals surface area contributed by atoms with Gasteiger partial charge in [0.25, 0.3) is 10.1 Å². The number of benzene rings is 2. The number of hydrogen-bond donors (Lipinski definition) is 3. The van der Waals surface area contributed by atoms with Crippen molar-refractivity contribution in [1.82, 2.24) is 0 Å². The molecule has 7 heteroatoms. The minimum Gasteiger partial charge on any atom is -0.399 e. The molecule has 0 aromatic heterocycles. The van der Waals surface area contributed by atoms with E-state index in [1.54, 1.807) is 12.1 Å². The van der Waals surface area contributed by atoms with Crippen LogP contribution in [0.15, 0.2) is 47.4 Å². The van der Waals surface area contributed by atoms with Gasteiger partial charge in [-0.25, -0.2) is 0 Å². The average molecular weight is 366 g/mol. The van der Waals surface area contributed by atoms with Crippen molar-refractivity contribution in [2.45, 2.75) is 25.7 Å². The van der Waals surface area contributed by atoms with Gasteiger partial charge in [0.2, 0.25) is 0 Å². The van der Waals surface area contributed by atoms with E-state index in [1.807, 2.05) is 26.0 Å². The first-order valence-corrected chi connectivity index (χ1v) is 9.39. The van der Waals surface area contributed by atoms with E-state index < -0.39 is 10.1 Å². The number of nitrogens with zero attached hydrogens (tertiary/aromatic N) is 1. The Kier molecular flexibility index (Phi) is 7.89. The van der Waals surface area contributed by atoms with Gasteiger partial charge in [0.05, 0.1) is 11.5 Å². The fourth-order valence-corrected chi connectivity index (χ4v) is 2.64. The quantitative estimate of drug-likeness (QED) is 0.555. The maximum absolute atomic E-state index is 10.5. The number of likely N-dealkylation sites (N-methyl/N-ethyl adjacent to an activating group) is 1. The molecular weight excluding hydrogens is 340 g/mol. The predicted molar refractivity (Wildman–Crippen MR) is 102 cm³/mol.